The van der Waals surface area contributed by atoms with Crippen LogP contribution in [-0.4, -0.2) is 25.4 Å². The van der Waals surface area contributed by atoms with Crippen LogP contribution in [0.25, 0.3) is 16.9 Å². The molecule has 4 aromatic rings. The number of nitrogens with one attached hydrogen (secondary N) is 1. The third kappa shape index (κ3) is 3.71. The van der Waals surface area contributed by atoms with Crippen molar-refractivity contribution in [3.8, 4) is 16.9 Å². The first-order valence-electron chi connectivity index (χ1n) is 9.74. The van der Waals surface area contributed by atoms with Crippen molar-refractivity contribution in [2.24, 2.45) is 0 Å². The number of benzene rings is 2. The third-order valence-corrected chi connectivity index (χ3v) is 6.09. The van der Waals surface area contributed by atoms with Gasteiger partial charge in [0.15, 0.2) is 5.13 Å². The molecule has 31 heavy (non-hydrogen) atoms. The van der Waals surface area contributed by atoms with Gasteiger partial charge in [-0.25, -0.2) is 9.97 Å². The second-order valence-corrected chi connectivity index (χ2v) is 8.12. The first kappa shape index (κ1) is 19.1. The molecule has 5 rings (SSSR count). The van der Waals surface area contributed by atoms with Crippen LogP contribution in [0.5, 0.6) is 0 Å². The largest absolute Gasteiger partial charge is 0.300 e. The lowest BCUT2D eigenvalue weighted by molar-refractivity contribution is -0.384. The van der Waals surface area contributed by atoms with Crippen LogP contribution in [0.15, 0.2) is 60.5 Å². The molecule has 0 saturated heterocycles. The van der Waals surface area contributed by atoms with Gasteiger partial charge in [0.2, 0.25) is 0 Å². The summed E-state index contributed by atoms with van der Waals surface area (Å²) in [5.74, 6) is -0.449. The van der Waals surface area contributed by atoms with Crippen molar-refractivity contribution in [1.29, 1.82) is 0 Å². The molecule has 1 N–H and O–H groups in total. The second-order valence-electron chi connectivity index (χ2n) is 7.26. The zero-order valence-electron chi connectivity index (χ0n) is 16.3. The molecule has 1 aliphatic rings. The Morgan fingerprint density at radius 3 is 2.84 bits per heavy atom. The minimum Gasteiger partial charge on any atom is -0.300 e. The average molecular weight is 431 g/mol. The van der Waals surface area contributed by atoms with E-state index in [2.05, 4.69) is 33.5 Å². The molecule has 0 unspecified atom stereocenters. The lowest BCUT2D eigenvalue weighted by atomic mass is 10.1. The standard InChI is InChI=1S/C22H17N5O3S/c28-21(17-6-7-19(20(11-17)27(29)30)26-9-8-23-13-26)25-22-24-18(12-31-22)16-5-4-14-2-1-3-15(14)10-16/h4-13H,1-3H2,(H,24,25,28). The molecule has 1 amide bonds. The Kier molecular flexibility index (Phi) is 4.79. The van der Waals surface area contributed by atoms with E-state index in [1.807, 2.05) is 5.38 Å². The molecule has 2 aromatic heterocycles. The van der Waals surface area contributed by atoms with Crippen LogP contribution in [0.3, 0.4) is 0 Å². The van der Waals surface area contributed by atoms with Gasteiger partial charge < -0.3 is 4.57 Å². The van der Waals surface area contributed by atoms with Crippen LogP contribution < -0.4 is 5.32 Å². The molecular formula is C22H17N5O3S. The van der Waals surface area contributed by atoms with Crippen molar-refractivity contribution in [2.45, 2.75) is 19.3 Å². The first-order valence-corrected chi connectivity index (χ1v) is 10.6. The highest BCUT2D eigenvalue weighted by molar-refractivity contribution is 7.14. The van der Waals surface area contributed by atoms with E-state index in [4.69, 9.17) is 0 Å². The number of imidazole rings is 1. The Labute approximate surface area is 181 Å². The minimum atomic E-state index is -0.512. The zero-order valence-corrected chi connectivity index (χ0v) is 17.1. The molecule has 2 heterocycles. The normalized spacial score (nSPS) is 12.5. The molecular weight excluding hydrogens is 414 g/mol. The van der Waals surface area contributed by atoms with Crippen molar-refractivity contribution in [1.82, 2.24) is 14.5 Å². The SMILES string of the molecule is O=C(Nc1nc(-c2ccc3c(c2)CCC3)cs1)c1ccc(-n2ccnc2)c([N+](=O)[O-])c1. The average Bonchev–Trinajstić information content (AvgIpc) is 3.53. The first-order chi connectivity index (χ1) is 15.1. The number of nitrogens with zero attached hydrogens (tertiary/aromatic N) is 4. The molecule has 0 radical (unpaired) electrons. The zero-order chi connectivity index (χ0) is 21.4. The fraction of sp³-hybridized carbons (Fsp3) is 0.136. The molecule has 0 atom stereocenters. The number of nitro benzene ring substituents is 1. The van der Waals surface area contributed by atoms with E-state index in [1.165, 1.54) is 58.1 Å². The predicted octanol–water partition coefficient (Wildman–Crippen LogP) is 4.65. The number of nitro groups is 1. The molecule has 0 aliphatic heterocycles. The number of hydrogen-bond acceptors (Lipinski definition) is 6. The summed E-state index contributed by atoms with van der Waals surface area (Å²) in [6, 6.07) is 10.7. The summed E-state index contributed by atoms with van der Waals surface area (Å²) < 4.78 is 1.53. The number of anilines is 1. The van der Waals surface area contributed by atoms with Crippen LogP contribution in [-0.2, 0) is 12.8 Å². The van der Waals surface area contributed by atoms with Crippen LogP contribution in [0.1, 0.15) is 27.9 Å². The molecule has 0 saturated carbocycles. The van der Waals surface area contributed by atoms with E-state index in [-0.39, 0.29) is 11.3 Å². The fourth-order valence-electron chi connectivity index (χ4n) is 3.80. The summed E-state index contributed by atoms with van der Waals surface area (Å²) in [7, 11) is 0. The number of hydrogen-bond donors (Lipinski definition) is 1. The number of aromatic nitrogens is 3. The Balaban J connectivity index is 1.37. The number of thiazole rings is 1. The smallest absolute Gasteiger partial charge is 0.294 e. The maximum atomic E-state index is 12.7. The maximum Gasteiger partial charge on any atom is 0.294 e. The van der Waals surface area contributed by atoms with Crippen molar-refractivity contribution in [2.75, 3.05) is 5.32 Å². The fourth-order valence-corrected chi connectivity index (χ4v) is 4.51. The van der Waals surface area contributed by atoms with Gasteiger partial charge in [-0.05, 0) is 48.6 Å². The second kappa shape index (κ2) is 7.77. The highest BCUT2D eigenvalue weighted by atomic mass is 32.1. The Morgan fingerprint density at radius 1 is 1.16 bits per heavy atom. The van der Waals surface area contributed by atoms with E-state index in [0.29, 0.717) is 10.8 Å². The monoisotopic (exact) mass is 431 g/mol. The Bertz CT molecular complexity index is 1300. The van der Waals surface area contributed by atoms with Gasteiger partial charge in [-0.1, -0.05) is 12.1 Å². The summed E-state index contributed by atoms with van der Waals surface area (Å²) in [6.45, 7) is 0. The molecule has 0 bridgehead atoms. The molecule has 9 heteroatoms. The Hall–Kier alpha value is -3.85. The molecule has 154 valence electrons. The molecule has 0 spiro atoms. The van der Waals surface area contributed by atoms with Gasteiger partial charge in [0.05, 0.1) is 16.9 Å². The van der Waals surface area contributed by atoms with Crippen molar-refractivity contribution < 1.29 is 9.72 Å². The summed E-state index contributed by atoms with van der Waals surface area (Å²) >= 11 is 1.32. The van der Waals surface area contributed by atoms with Gasteiger partial charge in [0.1, 0.15) is 5.69 Å². The highest BCUT2D eigenvalue weighted by Crippen LogP contribution is 2.30. The topological polar surface area (TPSA) is 103 Å². The van der Waals surface area contributed by atoms with Crippen LogP contribution in [0.2, 0.25) is 0 Å². The van der Waals surface area contributed by atoms with Gasteiger partial charge in [-0.2, -0.15) is 0 Å². The molecule has 2 aromatic carbocycles. The van der Waals surface area contributed by atoms with Gasteiger partial charge in [-0.15, -0.1) is 11.3 Å². The van der Waals surface area contributed by atoms with Crippen molar-refractivity contribution in [3.63, 3.8) is 0 Å². The summed E-state index contributed by atoms with van der Waals surface area (Å²) in [6.07, 6.45) is 8.01. The van der Waals surface area contributed by atoms with E-state index in [9.17, 15) is 14.9 Å². The minimum absolute atomic E-state index is 0.177. The molecule has 0 fully saturated rings. The van der Waals surface area contributed by atoms with Gasteiger partial charge in [0, 0.05) is 35.0 Å². The van der Waals surface area contributed by atoms with Crippen LogP contribution in [0, 0.1) is 10.1 Å². The van der Waals surface area contributed by atoms with Crippen molar-refractivity contribution in [3.05, 3.63) is 87.3 Å². The van der Waals surface area contributed by atoms with Gasteiger partial charge >= 0.3 is 0 Å². The van der Waals surface area contributed by atoms with Gasteiger partial charge in [-0.3, -0.25) is 20.2 Å². The van der Waals surface area contributed by atoms with E-state index < -0.39 is 10.8 Å². The van der Waals surface area contributed by atoms with Crippen LogP contribution >= 0.6 is 11.3 Å². The van der Waals surface area contributed by atoms with Gasteiger partial charge in [0.25, 0.3) is 11.6 Å². The number of fused-ring (bicyclic) bond motifs is 1. The summed E-state index contributed by atoms with van der Waals surface area (Å²) in [5.41, 5.74) is 4.93. The summed E-state index contributed by atoms with van der Waals surface area (Å²) in [4.78, 5) is 32.1. The van der Waals surface area contributed by atoms with Crippen molar-refractivity contribution >= 4 is 28.1 Å². The number of rotatable bonds is 5. The van der Waals surface area contributed by atoms with E-state index >= 15 is 0 Å². The van der Waals surface area contributed by atoms with E-state index in [0.717, 1.165) is 24.1 Å². The number of amides is 1. The number of carbonyl (C=O) groups excluding carboxylic acids is 1. The van der Waals surface area contributed by atoms with Crippen LogP contribution in [0.4, 0.5) is 10.8 Å². The maximum absolute atomic E-state index is 12.7. The quantitative estimate of drug-likeness (QED) is 0.366. The lowest BCUT2D eigenvalue weighted by Gasteiger charge is -2.06. The highest BCUT2D eigenvalue weighted by Gasteiger charge is 2.20. The third-order valence-electron chi connectivity index (χ3n) is 5.34. The van der Waals surface area contributed by atoms with E-state index in [1.54, 1.807) is 12.3 Å². The molecule has 8 nitrogen and oxygen atoms in total. The Morgan fingerprint density at radius 2 is 2.03 bits per heavy atom. The lowest BCUT2D eigenvalue weighted by Crippen LogP contribution is -2.12. The number of carbonyl (C=O) groups is 1. The summed E-state index contributed by atoms with van der Waals surface area (Å²) in [5, 5.41) is 16.6. The number of aryl methyl sites for hydroxylation is 2. The predicted molar refractivity (Wildman–Crippen MR) is 118 cm³/mol. The molecule has 1 aliphatic carbocycles.